The van der Waals surface area contributed by atoms with Gasteiger partial charge < -0.3 is 10.1 Å². The van der Waals surface area contributed by atoms with Gasteiger partial charge in [-0.25, -0.2) is 13.1 Å². The Labute approximate surface area is 108 Å². The summed E-state index contributed by atoms with van der Waals surface area (Å²) in [5, 5.41) is 3.07. The molecule has 0 bridgehead atoms. The highest BCUT2D eigenvalue weighted by Gasteiger charge is 2.18. The fourth-order valence-corrected chi connectivity index (χ4v) is 2.95. The normalized spacial score (nSPS) is 14.3. The van der Waals surface area contributed by atoms with Gasteiger partial charge in [-0.3, -0.25) is 0 Å². The van der Waals surface area contributed by atoms with Crippen LogP contribution in [0.15, 0.2) is 23.1 Å². The Balaban J connectivity index is 2.05. The third kappa shape index (κ3) is 3.01. The second-order valence-electron chi connectivity index (χ2n) is 4.12. The number of fused-ring (bicyclic) bond motifs is 1. The summed E-state index contributed by atoms with van der Waals surface area (Å²) in [5.74, 6) is 0.793. The Morgan fingerprint density at radius 3 is 2.94 bits per heavy atom. The van der Waals surface area contributed by atoms with E-state index in [-0.39, 0.29) is 0 Å². The van der Waals surface area contributed by atoms with Crippen molar-refractivity contribution in [1.82, 2.24) is 10.0 Å². The van der Waals surface area contributed by atoms with Crippen molar-refractivity contribution < 1.29 is 13.2 Å². The van der Waals surface area contributed by atoms with E-state index in [1.807, 2.05) is 6.92 Å². The van der Waals surface area contributed by atoms with Gasteiger partial charge in [0.25, 0.3) is 0 Å². The first-order chi connectivity index (χ1) is 8.63. The summed E-state index contributed by atoms with van der Waals surface area (Å²) in [6.07, 6.45) is 0.774. The van der Waals surface area contributed by atoms with Crippen molar-refractivity contribution in [2.45, 2.75) is 18.2 Å². The van der Waals surface area contributed by atoms with Crippen LogP contribution in [0.2, 0.25) is 0 Å². The molecule has 0 aromatic heterocycles. The highest BCUT2D eigenvalue weighted by atomic mass is 32.2. The molecule has 1 aromatic rings. The van der Waals surface area contributed by atoms with Crippen LogP contribution in [0.3, 0.4) is 0 Å². The van der Waals surface area contributed by atoms with Gasteiger partial charge in [-0.05, 0) is 30.3 Å². The Morgan fingerprint density at radius 1 is 1.33 bits per heavy atom. The van der Waals surface area contributed by atoms with E-state index in [2.05, 4.69) is 10.0 Å². The van der Waals surface area contributed by atoms with Crippen LogP contribution < -0.4 is 14.8 Å². The quantitative estimate of drug-likeness (QED) is 0.739. The van der Waals surface area contributed by atoms with E-state index >= 15 is 0 Å². The summed E-state index contributed by atoms with van der Waals surface area (Å²) < 4.78 is 32.0. The molecule has 100 valence electrons. The lowest BCUT2D eigenvalue weighted by molar-refractivity contribution is 0.356. The van der Waals surface area contributed by atoms with Gasteiger partial charge in [0.1, 0.15) is 5.75 Å². The summed E-state index contributed by atoms with van der Waals surface area (Å²) >= 11 is 0. The van der Waals surface area contributed by atoms with Crippen LogP contribution in [0.1, 0.15) is 12.5 Å². The molecule has 18 heavy (non-hydrogen) atoms. The Hall–Kier alpha value is -1.11. The second kappa shape index (κ2) is 5.69. The summed E-state index contributed by atoms with van der Waals surface area (Å²) in [6.45, 7) is 4.47. The standard InChI is InChI=1S/C12H18N2O3S/c1-2-13-6-7-14-18(15,16)11-3-4-12-10(9-11)5-8-17-12/h3-4,9,13-14H,2,5-8H2,1H3. The maximum atomic E-state index is 12.0. The van der Waals surface area contributed by atoms with E-state index < -0.39 is 10.0 Å². The predicted octanol–water partition coefficient (Wildman–Crippen LogP) is 0.509. The summed E-state index contributed by atoms with van der Waals surface area (Å²) in [7, 11) is -3.41. The molecule has 1 aromatic carbocycles. The SMILES string of the molecule is CCNCCNS(=O)(=O)c1ccc2c(c1)CCO2. The van der Waals surface area contributed by atoms with Gasteiger partial charge in [0.15, 0.2) is 0 Å². The minimum atomic E-state index is -3.41. The molecule has 2 N–H and O–H groups in total. The smallest absolute Gasteiger partial charge is 0.240 e. The van der Waals surface area contributed by atoms with E-state index in [0.29, 0.717) is 24.6 Å². The van der Waals surface area contributed by atoms with Crippen molar-refractivity contribution in [2.24, 2.45) is 0 Å². The molecule has 0 radical (unpaired) electrons. The van der Waals surface area contributed by atoms with E-state index in [4.69, 9.17) is 4.74 Å². The largest absolute Gasteiger partial charge is 0.493 e. The third-order valence-corrected chi connectivity index (χ3v) is 4.27. The Bertz CT molecular complexity index is 514. The zero-order valence-corrected chi connectivity index (χ0v) is 11.2. The molecule has 0 spiro atoms. The van der Waals surface area contributed by atoms with E-state index in [0.717, 1.165) is 24.3 Å². The molecule has 1 heterocycles. The molecule has 0 fully saturated rings. The van der Waals surface area contributed by atoms with Crippen LogP contribution in [0.25, 0.3) is 0 Å². The van der Waals surface area contributed by atoms with Crippen molar-refractivity contribution in [1.29, 1.82) is 0 Å². The molecule has 0 saturated heterocycles. The molecular weight excluding hydrogens is 252 g/mol. The van der Waals surface area contributed by atoms with Gasteiger partial charge >= 0.3 is 0 Å². The predicted molar refractivity (Wildman–Crippen MR) is 69.4 cm³/mol. The molecule has 1 aliphatic heterocycles. The van der Waals surface area contributed by atoms with Crippen molar-refractivity contribution in [2.75, 3.05) is 26.2 Å². The lowest BCUT2D eigenvalue weighted by atomic mass is 10.2. The van der Waals surface area contributed by atoms with Crippen LogP contribution in [-0.4, -0.2) is 34.7 Å². The van der Waals surface area contributed by atoms with Gasteiger partial charge in [0, 0.05) is 19.5 Å². The molecule has 2 rings (SSSR count). The van der Waals surface area contributed by atoms with Crippen LogP contribution in [0, 0.1) is 0 Å². The number of hydrogen-bond acceptors (Lipinski definition) is 4. The number of likely N-dealkylation sites (N-methyl/N-ethyl adjacent to an activating group) is 1. The van der Waals surface area contributed by atoms with Crippen LogP contribution >= 0.6 is 0 Å². The van der Waals surface area contributed by atoms with Gasteiger partial charge in [0.2, 0.25) is 10.0 Å². The van der Waals surface area contributed by atoms with Crippen LogP contribution in [-0.2, 0) is 16.4 Å². The Morgan fingerprint density at radius 2 is 2.17 bits per heavy atom. The van der Waals surface area contributed by atoms with E-state index in [1.54, 1.807) is 18.2 Å². The number of rotatable bonds is 6. The first kappa shape index (κ1) is 13.3. The minimum absolute atomic E-state index is 0.309. The van der Waals surface area contributed by atoms with E-state index in [9.17, 15) is 8.42 Å². The van der Waals surface area contributed by atoms with Crippen molar-refractivity contribution >= 4 is 10.0 Å². The average molecular weight is 270 g/mol. The molecule has 0 atom stereocenters. The highest BCUT2D eigenvalue weighted by Crippen LogP contribution is 2.27. The van der Waals surface area contributed by atoms with E-state index in [1.165, 1.54) is 0 Å². The number of nitrogens with one attached hydrogen (secondary N) is 2. The van der Waals surface area contributed by atoms with Crippen LogP contribution in [0.4, 0.5) is 0 Å². The van der Waals surface area contributed by atoms with Crippen molar-refractivity contribution in [3.8, 4) is 5.75 Å². The molecule has 0 saturated carbocycles. The summed E-state index contributed by atoms with van der Waals surface area (Å²) in [4.78, 5) is 0.309. The fourth-order valence-electron chi connectivity index (χ4n) is 1.86. The van der Waals surface area contributed by atoms with Gasteiger partial charge in [-0.15, -0.1) is 0 Å². The van der Waals surface area contributed by atoms with Crippen molar-refractivity contribution in [3.63, 3.8) is 0 Å². The second-order valence-corrected chi connectivity index (χ2v) is 5.89. The maximum absolute atomic E-state index is 12.0. The van der Waals surface area contributed by atoms with Crippen LogP contribution in [0.5, 0.6) is 5.75 Å². The molecule has 0 aliphatic carbocycles. The van der Waals surface area contributed by atoms with Gasteiger partial charge in [-0.1, -0.05) is 6.92 Å². The number of ether oxygens (including phenoxy) is 1. The first-order valence-corrected chi connectivity index (χ1v) is 7.58. The topological polar surface area (TPSA) is 67.4 Å². The molecule has 5 nitrogen and oxygen atoms in total. The monoisotopic (exact) mass is 270 g/mol. The Kier molecular flexibility index (Phi) is 4.21. The number of benzene rings is 1. The van der Waals surface area contributed by atoms with Gasteiger partial charge in [0.05, 0.1) is 11.5 Å². The molecule has 1 aliphatic rings. The maximum Gasteiger partial charge on any atom is 0.240 e. The summed E-state index contributed by atoms with van der Waals surface area (Å²) in [6, 6.07) is 5.00. The summed E-state index contributed by atoms with van der Waals surface area (Å²) in [5.41, 5.74) is 0.963. The lowest BCUT2D eigenvalue weighted by Gasteiger charge is -2.08. The van der Waals surface area contributed by atoms with Crippen molar-refractivity contribution in [3.05, 3.63) is 23.8 Å². The molecule has 0 unspecified atom stereocenters. The number of sulfonamides is 1. The zero-order chi connectivity index (χ0) is 13.0. The highest BCUT2D eigenvalue weighted by molar-refractivity contribution is 7.89. The first-order valence-electron chi connectivity index (χ1n) is 6.09. The molecular formula is C12H18N2O3S. The number of hydrogen-bond donors (Lipinski definition) is 2. The van der Waals surface area contributed by atoms with Gasteiger partial charge in [-0.2, -0.15) is 0 Å². The fraction of sp³-hybridized carbons (Fsp3) is 0.500. The third-order valence-electron chi connectivity index (χ3n) is 2.82. The molecule has 0 amide bonds. The minimum Gasteiger partial charge on any atom is -0.493 e. The zero-order valence-electron chi connectivity index (χ0n) is 10.4. The molecule has 6 heteroatoms. The average Bonchev–Trinajstić information content (AvgIpc) is 2.82. The lowest BCUT2D eigenvalue weighted by Crippen LogP contribution is -2.31.